The number of carbonyl (C=O) groups is 1. The molecule has 0 saturated carbocycles. The van der Waals surface area contributed by atoms with Crippen molar-refractivity contribution in [3.05, 3.63) is 51.5 Å². The quantitative estimate of drug-likeness (QED) is 0.875. The van der Waals surface area contributed by atoms with Crippen molar-refractivity contribution < 1.29 is 4.79 Å². The second kappa shape index (κ2) is 6.45. The molecule has 0 atom stereocenters. The molecule has 1 aromatic heterocycles. The van der Waals surface area contributed by atoms with Gasteiger partial charge in [0, 0.05) is 18.3 Å². The van der Waals surface area contributed by atoms with E-state index in [1.165, 1.54) is 16.9 Å². The van der Waals surface area contributed by atoms with Gasteiger partial charge < -0.3 is 11.1 Å². The number of aromatic nitrogens is 1. The van der Waals surface area contributed by atoms with Crippen molar-refractivity contribution in [2.75, 3.05) is 6.54 Å². The van der Waals surface area contributed by atoms with Crippen LogP contribution in [-0.2, 0) is 13.0 Å². The standard InChI is InChI=1S/C14H17N3OS/c1-10-3-2-4-11(7-10)8-16-14(18)12-9-19-13(17-12)5-6-15/h2-4,7,9H,5-6,8,15H2,1H3,(H,16,18). The summed E-state index contributed by atoms with van der Waals surface area (Å²) >= 11 is 1.47. The van der Waals surface area contributed by atoms with E-state index in [1.807, 2.05) is 25.1 Å². The van der Waals surface area contributed by atoms with Crippen LogP contribution in [0.4, 0.5) is 0 Å². The maximum Gasteiger partial charge on any atom is 0.271 e. The molecule has 0 aliphatic rings. The van der Waals surface area contributed by atoms with Gasteiger partial charge in [0.25, 0.3) is 5.91 Å². The highest BCUT2D eigenvalue weighted by Crippen LogP contribution is 2.10. The van der Waals surface area contributed by atoms with Gasteiger partial charge in [-0.25, -0.2) is 4.98 Å². The molecule has 0 bridgehead atoms. The van der Waals surface area contributed by atoms with Crippen LogP contribution in [0.15, 0.2) is 29.6 Å². The van der Waals surface area contributed by atoms with Gasteiger partial charge in [0.05, 0.1) is 5.01 Å². The van der Waals surface area contributed by atoms with Crippen LogP contribution in [0.2, 0.25) is 0 Å². The van der Waals surface area contributed by atoms with Gasteiger partial charge in [0.1, 0.15) is 5.69 Å². The minimum atomic E-state index is -0.138. The van der Waals surface area contributed by atoms with Crippen LogP contribution >= 0.6 is 11.3 Å². The Bertz CT molecular complexity index is 565. The molecular weight excluding hydrogens is 258 g/mol. The lowest BCUT2D eigenvalue weighted by molar-refractivity contribution is 0.0946. The molecule has 2 aromatic rings. The lowest BCUT2D eigenvalue weighted by Gasteiger charge is -2.04. The third kappa shape index (κ3) is 3.87. The predicted molar refractivity (Wildman–Crippen MR) is 77.2 cm³/mol. The van der Waals surface area contributed by atoms with Crippen molar-refractivity contribution in [2.24, 2.45) is 5.73 Å². The van der Waals surface area contributed by atoms with Crippen molar-refractivity contribution in [3.63, 3.8) is 0 Å². The Morgan fingerprint density at radius 1 is 1.47 bits per heavy atom. The summed E-state index contributed by atoms with van der Waals surface area (Å²) in [6.45, 7) is 3.10. The van der Waals surface area contributed by atoms with E-state index in [1.54, 1.807) is 5.38 Å². The first-order chi connectivity index (χ1) is 9.19. The van der Waals surface area contributed by atoms with Crippen LogP contribution in [0.3, 0.4) is 0 Å². The lowest BCUT2D eigenvalue weighted by Crippen LogP contribution is -2.23. The molecule has 5 heteroatoms. The molecule has 1 heterocycles. The Morgan fingerprint density at radius 3 is 3.05 bits per heavy atom. The van der Waals surface area contributed by atoms with Gasteiger partial charge in [0.2, 0.25) is 0 Å². The third-order valence-electron chi connectivity index (χ3n) is 2.68. The first-order valence-electron chi connectivity index (χ1n) is 6.17. The summed E-state index contributed by atoms with van der Waals surface area (Å²) in [7, 11) is 0. The maximum absolute atomic E-state index is 11.9. The van der Waals surface area contributed by atoms with Crippen molar-refractivity contribution in [1.82, 2.24) is 10.3 Å². The topological polar surface area (TPSA) is 68.0 Å². The molecule has 0 aliphatic carbocycles. The summed E-state index contributed by atoms with van der Waals surface area (Å²) in [5, 5.41) is 5.55. The SMILES string of the molecule is Cc1cccc(CNC(=O)c2csc(CCN)n2)c1. The highest BCUT2D eigenvalue weighted by atomic mass is 32.1. The zero-order valence-corrected chi connectivity index (χ0v) is 11.7. The largest absolute Gasteiger partial charge is 0.347 e. The zero-order valence-electron chi connectivity index (χ0n) is 10.8. The fourth-order valence-electron chi connectivity index (χ4n) is 1.75. The average Bonchev–Trinajstić information content (AvgIpc) is 2.85. The van der Waals surface area contributed by atoms with Gasteiger partial charge in [-0.05, 0) is 19.0 Å². The Kier molecular flexibility index (Phi) is 4.65. The molecule has 1 amide bonds. The number of aryl methyl sites for hydroxylation is 1. The van der Waals surface area contributed by atoms with Gasteiger partial charge in [-0.2, -0.15) is 0 Å². The molecule has 0 radical (unpaired) electrons. The maximum atomic E-state index is 11.9. The Hall–Kier alpha value is -1.72. The number of rotatable bonds is 5. The van der Waals surface area contributed by atoms with E-state index in [9.17, 15) is 4.79 Å². The van der Waals surface area contributed by atoms with Gasteiger partial charge >= 0.3 is 0 Å². The van der Waals surface area contributed by atoms with Crippen LogP contribution < -0.4 is 11.1 Å². The summed E-state index contributed by atoms with van der Waals surface area (Å²) in [6.07, 6.45) is 0.718. The number of thiazole rings is 1. The molecule has 19 heavy (non-hydrogen) atoms. The van der Waals surface area contributed by atoms with E-state index in [0.717, 1.165) is 17.0 Å². The second-order valence-corrected chi connectivity index (χ2v) is 5.28. The summed E-state index contributed by atoms with van der Waals surface area (Å²) in [5.41, 5.74) is 8.21. The highest BCUT2D eigenvalue weighted by Gasteiger charge is 2.09. The highest BCUT2D eigenvalue weighted by molar-refractivity contribution is 7.09. The summed E-state index contributed by atoms with van der Waals surface area (Å²) in [5.74, 6) is -0.138. The first kappa shape index (κ1) is 13.7. The smallest absolute Gasteiger partial charge is 0.271 e. The van der Waals surface area contributed by atoms with Crippen LogP contribution in [0.5, 0.6) is 0 Å². The molecule has 1 aromatic carbocycles. The van der Waals surface area contributed by atoms with Crippen LogP contribution in [-0.4, -0.2) is 17.4 Å². The second-order valence-electron chi connectivity index (χ2n) is 4.34. The van der Waals surface area contributed by atoms with Crippen LogP contribution in [0.25, 0.3) is 0 Å². The first-order valence-corrected chi connectivity index (χ1v) is 7.05. The molecule has 0 saturated heterocycles. The van der Waals surface area contributed by atoms with E-state index in [2.05, 4.69) is 16.4 Å². The Morgan fingerprint density at radius 2 is 2.32 bits per heavy atom. The predicted octanol–water partition coefficient (Wildman–Crippen LogP) is 1.88. The number of carbonyl (C=O) groups excluding carboxylic acids is 1. The number of nitrogens with one attached hydrogen (secondary N) is 1. The fourth-order valence-corrected chi connectivity index (χ4v) is 2.54. The van der Waals surface area contributed by atoms with E-state index in [-0.39, 0.29) is 5.91 Å². The van der Waals surface area contributed by atoms with Crippen molar-refractivity contribution in [1.29, 1.82) is 0 Å². The van der Waals surface area contributed by atoms with E-state index >= 15 is 0 Å². The van der Waals surface area contributed by atoms with Gasteiger partial charge in [-0.15, -0.1) is 11.3 Å². The third-order valence-corrected chi connectivity index (χ3v) is 3.59. The fraction of sp³-hybridized carbons (Fsp3) is 0.286. The number of hydrogen-bond acceptors (Lipinski definition) is 4. The van der Waals surface area contributed by atoms with E-state index < -0.39 is 0 Å². The van der Waals surface area contributed by atoms with E-state index in [0.29, 0.717) is 18.8 Å². The van der Waals surface area contributed by atoms with Crippen molar-refractivity contribution in [3.8, 4) is 0 Å². The van der Waals surface area contributed by atoms with E-state index in [4.69, 9.17) is 5.73 Å². The molecule has 3 N–H and O–H groups in total. The number of nitrogens with two attached hydrogens (primary N) is 1. The normalized spacial score (nSPS) is 10.4. The minimum absolute atomic E-state index is 0.138. The Balaban J connectivity index is 1.93. The molecule has 0 fully saturated rings. The van der Waals surface area contributed by atoms with Crippen molar-refractivity contribution in [2.45, 2.75) is 19.9 Å². The summed E-state index contributed by atoms with van der Waals surface area (Å²) in [6, 6.07) is 8.07. The number of nitrogens with zero attached hydrogens (tertiary/aromatic N) is 1. The molecule has 2 rings (SSSR count). The Labute approximate surface area is 116 Å². The molecule has 0 unspecified atom stereocenters. The van der Waals surface area contributed by atoms with Gasteiger partial charge in [0.15, 0.2) is 0 Å². The van der Waals surface area contributed by atoms with Crippen LogP contribution in [0, 0.1) is 6.92 Å². The number of hydrogen-bond donors (Lipinski definition) is 2. The molecule has 0 aliphatic heterocycles. The minimum Gasteiger partial charge on any atom is -0.347 e. The zero-order chi connectivity index (χ0) is 13.7. The lowest BCUT2D eigenvalue weighted by atomic mass is 10.1. The summed E-state index contributed by atoms with van der Waals surface area (Å²) in [4.78, 5) is 16.2. The summed E-state index contributed by atoms with van der Waals surface area (Å²) < 4.78 is 0. The molecule has 100 valence electrons. The molecule has 0 spiro atoms. The number of benzene rings is 1. The molecular formula is C14H17N3OS. The average molecular weight is 275 g/mol. The van der Waals surface area contributed by atoms with Gasteiger partial charge in [-0.1, -0.05) is 29.8 Å². The van der Waals surface area contributed by atoms with Crippen LogP contribution in [0.1, 0.15) is 26.6 Å². The van der Waals surface area contributed by atoms with Crippen molar-refractivity contribution >= 4 is 17.2 Å². The number of amides is 1. The monoisotopic (exact) mass is 275 g/mol. The molecule has 4 nitrogen and oxygen atoms in total. The van der Waals surface area contributed by atoms with Gasteiger partial charge in [-0.3, -0.25) is 4.79 Å².